The average molecular weight is 448 g/mol. The third-order valence-corrected chi connectivity index (χ3v) is 6.45. The molecule has 33 heavy (non-hydrogen) atoms. The Bertz CT molecular complexity index is 1150. The van der Waals surface area contributed by atoms with Crippen molar-refractivity contribution in [1.29, 1.82) is 0 Å². The summed E-state index contributed by atoms with van der Waals surface area (Å²) in [4.78, 5) is 12.7. The van der Waals surface area contributed by atoms with Gasteiger partial charge in [0.05, 0.1) is 20.0 Å². The summed E-state index contributed by atoms with van der Waals surface area (Å²) >= 11 is 0. The van der Waals surface area contributed by atoms with Gasteiger partial charge in [0.25, 0.3) is 0 Å². The predicted octanol–water partition coefficient (Wildman–Crippen LogP) is 6.67. The number of carbonyl (C=O) groups is 1. The van der Waals surface area contributed by atoms with Gasteiger partial charge in [0.2, 0.25) is 5.91 Å². The van der Waals surface area contributed by atoms with Gasteiger partial charge in [-0.2, -0.15) is 0 Å². The van der Waals surface area contributed by atoms with Crippen molar-refractivity contribution in [3.8, 4) is 22.6 Å². The van der Waals surface area contributed by atoms with Crippen molar-refractivity contribution in [2.24, 2.45) is 0 Å². The molecule has 5 nitrogen and oxygen atoms in total. The van der Waals surface area contributed by atoms with Gasteiger partial charge in [-0.3, -0.25) is 4.79 Å². The van der Waals surface area contributed by atoms with Crippen LogP contribution in [0.4, 0.5) is 0 Å². The third-order valence-electron chi connectivity index (χ3n) is 6.45. The largest absolute Gasteiger partial charge is 0.496 e. The maximum atomic E-state index is 12.7. The molecular formula is C28H33NO4. The molecule has 4 rings (SSSR count). The van der Waals surface area contributed by atoms with Crippen LogP contribution in [0.25, 0.3) is 27.7 Å². The van der Waals surface area contributed by atoms with Gasteiger partial charge in [0, 0.05) is 34.2 Å². The van der Waals surface area contributed by atoms with Crippen molar-refractivity contribution >= 4 is 22.4 Å². The first-order valence-corrected chi connectivity index (χ1v) is 11.8. The molecule has 0 radical (unpaired) electrons. The van der Waals surface area contributed by atoms with E-state index < -0.39 is 0 Å². The summed E-state index contributed by atoms with van der Waals surface area (Å²) in [7, 11) is 1.66. The van der Waals surface area contributed by atoms with E-state index in [0.29, 0.717) is 6.61 Å². The minimum atomic E-state index is -0.0434. The maximum Gasteiger partial charge on any atom is 0.244 e. The van der Waals surface area contributed by atoms with Gasteiger partial charge in [0.15, 0.2) is 0 Å². The number of aryl methyl sites for hydroxylation is 1. The van der Waals surface area contributed by atoms with Crippen LogP contribution in [0.5, 0.6) is 11.5 Å². The Balaban J connectivity index is 1.69. The molecule has 0 saturated heterocycles. The van der Waals surface area contributed by atoms with Crippen LogP contribution in [-0.4, -0.2) is 25.7 Å². The summed E-state index contributed by atoms with van der Waals surface area (Å²) in [5.41, 5.74) is 5.52. The molecular weight excluding hydrogens is 414 g/mol. The second-order valence-electron chi connectivity index (χ2n) is 8.74. The molecule has 0 spiro atoms. The van der Waals surface area contributed by atoms with Crippen LogP contribution < -0.4 is 14.8 Å². The van der Waals surface area contributed by atoms with E-state index in [1.807, 2.05) is 45.0 Å². The molecule has 1 N–H and O–H groups in total. The van der Waals surface area contributed by atoms with E-state index in [9.17, 15) is 4.79 Å². The zero-order valence-corrected chi connectivity index (χ0v) is 20.0. The number of hydrogen-bond donors (Lipinski definition) is 1. The molecule has 1 saturated carbocycles. The fourth-order valence-corrected chi connectivity index (χ4v) is 4.76. The van der Waals surface area contributed by atoms with E-state index in [0.717, 1.165) is 63.1 Å². The molecule has 1 fully saturated rings. The summed E-state index contributed by atoms with van der Waals surface area (Å²) in [5, 5.41) is 4.16. The minimum Gasteiger partial charge on any atom is -0.496 e. The van der Waals surface area contributed by atoms with Crippen LogP contribution in [0.15, 0.2) is 47.1 Å². The summed E-state index contributed by atoms with van der Waals surface area (Å²) in [5.74, 6) is 1.53. The number of hydrogen-bond acceptors (Lipinski definition) is 4. The van der Waals surface area contributed by atoms with Crippen LogP contribution in [0, 0.1) is 6.92 Å². The first kappa shape index (κ1) is 23.0. The number of fused-ring (bicyclic) bond motifs is 1. The number of amides is 1. The Kier molecular flexibility index (Phi) is 7.07. The van der Waals surface area contributed by atoms with Crippen molar-refractivity contribution in [3.63, 3.8) is 0 Å². The first-order chi connectivity index (χ1) is 16.0. The molecule has 1 aromatic heterocycles. The number of methoxy groups -OCH3 is 1. The number of benzene rings is 2. The van der Waals surface area contributed by atoms with E-state index in [1.54, 1.807) is 19.4 Å². The highest BCUT2D eigenvalue weighted by Crippen LogP contribution is 2.40. The Morgan fingerprint density at radius 1 is 1.18 bits per heavy atom. The zero-order chi connectivity index (χ0) is 23.4. The normalized spacial score (nSPS) is 15.0. The van der Waals surface area contributed by atoms with E-state index >= 15 is 0 Å². The van der Waals surface area contributed by atoms with Gasteiger partial charge in [-0.15, -0.1) is 0 Å². The number of carbonyl (C=O) groups excluding carboxylic acids is 1. The lowest BCUT2D eigenvalue weighted by Gasteiger charge is -2.22. The van der Waals surface area contributed by atoms with Gasteiger partial charge >= 0.3 is 0 Å². The number of ether oxygens (including phenoxy) is 2. The molecule has 0 bridgehead atoms. The molecule has 2 aromatic carbocycles. The first-order valence-electron chi connectivity index (χ1n) is 11.8. The monoisotopic (exact) mass is 447 g/mol. The standard InChI is InChI=1S/C28H33NO4/c1-5-32-22-13-11-20(12-14-22)25-17-33-28-19(3)27(31-4)23(16-24(25)28)18(2)15-26(30)29-21-9-7-6-8-10-21/h11-17,21H,5-10H2,1-4H3,(H,29,30)/b18-15+. The van der Waals surface area contributed by atoms with Gasteiger partial charge < -0.3 is 19.2 Å². The fourth-order valence-electron chi connectivity index (χ4n) is 4.76. The molecule has 1 aliphatic carbocycles. The van der Waals surface area contributed by atoms with Gasteiger partial charge in [-0.25, -0.2) is 0 Å². The third kappa shape index (κ3) is 4.92. The van der Waals surface area contributed by atoms with Crippen molar-refractivity contribution in [2.45, 2.75) is 58.9 Å². The molecule has 1 heterocycles. The van der Waals surface area contributed by atoms with Gasteiger partial charge in [-0.05, 0) is 62.9 Å². The molecule has 0 unspecified atom stereocenters. The second kappa shape index (κ2) is 10.2. The molecule has 3 aromatic rings. The second-order valence-corrected chi connectivity index (χ2v) is 8.74. The van der Waals surface area contributed by atoms with Crippen LogP contribution in [0.2, 0.25) is 0 Å². The Hall–Kier alpha value is -3.21. The minimum absolute atomic E-state index is 0.0434. The van der Waals surface area contributed by atoms with Crippen molar-refractivity contribution < 1.29 is 18.7 Å². The van der Waals surface area contributed by atoms with Crippen molar-refractivity contribution in [3.05, 3.63) is 53.8 Å². The van der Waals surface area contributed by atoms with Crippen LogP contribution in [0.1, 0.15) is 57.1 Å². The average Bonchev–Trinajstić information content (AvgIpc) is 3.24. The molecule has 174 valence electrons. The van der Waals surface area contributed by atoms with E-state index in [2.05, 4.69) is 11.4 Å². The maximum absolute atomic E-state index is 12.7. The number of nitrogens with one attached hydrogen (secondary N) is 1. The number of allylic oxidation sites excluding steroid dienone is 1. The topological polar surface area (TPSA) is 60.7 Å². The van der Waals surface area contributed by atoms with E-state index in [-0.39, 0.29) is 11.9 Å². The number of furan rings is 1. The van der Waals surface area contributed by atoms with Gasteiger partial charge in [-0.1, -0.05) is 31.4 Å². The lowest BCUT2D eigenvalue weighted by Crippen LogP contribution is -2.35. The highest BCUT2D eigenvalue weighted by Gasteiger charge is 2.20. The SMILES string of the molecule is CCOc1ccc(-c2coc3c(C)c(OC)c(/C(C)=C/C(=O)NC4CCCCC4)cc23)cc1. The zero-order valence-electron chi connectivity index (χ0n) is 20.0. The Labute approximate surface area is 195 Å². The molecule has 0 atom stereocenters. The van der Waals surface area contributed by atoms with Crippen molar-refractivity contribution in [1.82, 2.24) is 5.32 Å². The van der Waals surface area contributed by atoms with E-state index in [4.69, 9.17) is 13.9 Å². The molecule has 1 amide bonds. The summed E-state index contributed by atoms with van der Waals surface area (Å²) in [6, 6.07) is 10.4. The van der Waals surface area contributed by atoms with Crippen molar-refractivity contribution in [2.75, 3.05) is 13.7 Å². The fraction of sp³-hybridized carbons (Fsp3) is 0.393. The predicted molar refractivity (Wildman–Crippen MR) is 133 cm³/mol. The Morgan fingerprint density at radius 2 is 1.91 bits per heavy atom. The molecule has 5 heteroatoms. The van der Waals surface area contributed by atoms with Crippen LogP contribution in [0.3, 0.4) is 0 Å². The quantitative estimate of drug-likeness (QED) is 0.411. The highest BCUT2D eigenvalue weighted by atomic mass is 16.5. The van der Waals surface area contributed by atoms with Crippen LogP contribution in [-0.2, 0) is 4.79 Å². The highest BCUT2D eigenvalue weighted by molar-refractivity contribution is 6.01. The lowest BCUT2D eigenvalue weighted by atomic mass is 9.95. The number of rotatable bonds is 7. The summed E-state index contributed by atoms with van der Waals surface area (Å²) in [6.45, 7) is 6.56. The van der Waals surface area contributed by atoms with Crippen LogP contribution >= 0.6 is 0 Å². The summed E-state index contributed by atoms with van der Waals surface area (Å²) in [6.07, 6.45) is 9.23. The lowest BCUT2D eigenvalue weighted by molar-refractivity contribution is -0.117. The smallest absolute Gasteiger partial charge is 0.244 e. The molecule has 1 aliphatic rings. The van der Waals surface area contributed by atoms with Gasteiger partial charge in [0.1, 0.15) is 17.1 Å². The Morgan fingerprint density at radius 3 is 2.58 bits per heavy atom. The summed E-state index contributed by atoms with van der Waals surface area (Å²) < 4.78 is 17.3. The molecule has 0 aliphatic heterocycles. The van der Waals surface area contributed by atoms with E-state index in [1.165, 1.54) is 19.3 Å².